The topological polar surface area (TPSA) is 15.3 Å². The summed E-state index contributed by atoms with van der Waals surface area (Å²) in [5.74, 6) is 0. The zero-order valence-electron chi connectivity index (χ0n) is 12.4. The number of nitrogens with one attached hydrogen (secondary N) is 1. The van der Waals surface area contributed by atoms with Crippen LogP contribution in [0.25, 0.3) is 0 Å². The van der Waals surface area contributed by atoms with Gasteiger partial charge in [0.2, 0.25) is 0 Å². The number of hydrogen-bond acceptors (Lipinski definition) is 2. The quantitative estimate of drug-likeness (QED) is 0.893. The lowest BCUT2D eigenvalue weighted by Crippen LogP contribution is -2.61. The summed E-state index contributed by atoms with van der Waals surface area (Å²) in [6.45, 7) is 6.54. The summed E-state index contributed by atoms with van der Waals surface area (Å²) in [7, 11) is 0. The van der Waals surface area contributed by atoms with Gasteiger partial charge < -0.3 is 5.32 Å². The molecule has 110 valence electrons. The molecular formula is C17H25ClN2. The van der Waals surface area contributed by atoms with Crippen LogP contribution in [-0.2, 0) is 6.54 Å². The molecule has 20 heavy (non-hydrogen) atoms. The van der Waals surface area contributed by atoms with Gasteiger partial charge in [-0.05, 0) is 37.0 Å². The van der Waals surface area contributed by atoms with E-state index in [1.165, 1.54) is 43.2 Å². The van der Waals surface area contributed by atoms with Gasteiger partial charge in [0.1, 0.15) is 0 Å². The minimum absolute atomic E-state index is 0.397. The molecule has 1 saturated carbocycles. The second-order valence-corrected chi connectivity index (χ2v) is 6.87. The van der Waals surface area contributed by atoms with Gasteiger partial charge in [-0.15, -0.1) is 0 Å². The molecule has 2 aliphatic rings. The summed E-state index contributed by atoms with van der Waals surface area (Å²) in [4.78, 5) is 2.71. The SMILES string of the molecule is Cc1ccc(CN2CCNCC23CCCCC3)cc1Cl. The molecule has 1 N–H and O–H groups in total. The van der Waals surface area contributed by atoms with Crippen LogP contribution in [0.15, 0.2) is 18.2 Å². The Hall–Kier alpha value is -0.570. The highest BCUT2D eigenvalue weighted by molar-refractivity contribution is 6.31. The maximum Gasteiger partial charge on any atom is 0.0438 e. The molecule has 3 heteroatoms. The lowest BCUT2D eigenvalue weighted by Gasteiger charge is -2.50. The van der Waals surface area contributed by atoms with Gasteiger partial charge in [-0.25, -0.2) is 0 Å². The number of benzene rings is 1. The third-order valence-corrected chi connectivity index (χ3v) is 5.48. The molecule has 1 aromatic carbocycles. The van der Waals surface area contributed by atoms with Gasteiger partial charge in [0, 0.05) is 36.7 Å². The number of aryl methyl sites for hydroxylation is 1. The van der Waals surface area contributed by atoms with Crippen LogP contribution in [0.5, 0.6) is 0 Å². The minimum atomic E-state index is 0.397. The first kappa shape index (κ1) is 14.4. The van der Waals surface area contributed by atoms with Crippen molar-refractivity contribution >= 4 is 11.6 Å². The standard InChI is InChI=1S/C17H25ClN2/c1-14-5-6-15(11-16(14)18)12-20-10-9-19-13-17(20)7-3-2-4-8-17/h5-6,11,19H,2-4,7-10,12-13H2,1H3. The third kappa shape index (κ3) is 2.88. The van der Waals surface area contributed by atoms with Crippen molar-refractivity contribution in [3.05, 3.63) is 34.3 Å². The smallest absolute Gasteiger partial charge is 0.0438 e. The summed E-state index contributed by atoms with van der Waals surface area (Å²) in [6, 6.07) is 6.53. The van der Waals surface area contributed by atoms with Crippen LogP contribution < -0.4 is 5.32 Å². The molecule has 0 radical (unpaired) electrons. The van der Waals surface area contributed by atoms with Crippen molar-refractivity contribution in [2.45, 2.75) is 51.1 Å². The van der Waals surface area contributed by atoms with Crippen LogP contribution in [0.4, 0.5) is 0 Å². The molecule has 1 heterocycles. The fourth-order valence-electron chi connectivity index (χ4n) is 3.79. The zero-order chi connectivity index (χ0) is 14.0. The van der Waals surface area contributed by atoms with Crippen molar-refractivity contribution in [1.29, 1.82) is 0 Å². The van der Waals surface area contributed by atoms with Crippen LogP contribution in [0.1, 0.15) is 43.2 Å². The molecule has 1 aliphatic heterocycles. The zero-order valence-corrected chi connectivity index (χ0v) is 13.2. The van der Waals surface area contributed by atoms with Crippen molar-refractivity contribution in [2.75, 3.05) is 19.6 Å². The largest absolute Gasteiger partial charge is 0.314 e. The first-order valence-electron chi connectivity index (χ1n) is 7.90. The van der Waals surface area contributed by atoms with Gasteiger partial charge >= 0.3 is 0 Å². The van der Waals surface area contributed by atoms with Gasteiger partial charge in [-0.3, -0.25) is 4.90 Å². The second-order valence-electron chi connectivity index (χ2n) is 6.47. The Balaban J connectivity index is 1.77. The predicted molar refractivity (Wildman–Crippen MR) is 85.3 cm³/mol. The molecule has 2 fully saturated rings. The molecule has 0 aromatic heterocycles. The average Bonchev–Trinajstić information content (AvgIpc) is 2.47. The van der Waals surface area contributed by atoms with Gasteiger partial charge in [0.05, 0.1) is 0 Å². The van der Waals surface area contributed by atoms with Crippen molar-refractivity contribution < 1.29 is 0 Å². The number of rotatable bonds is 2. The Morgan fingerprint density at radius 1 is 1.25 bits per heavy atom. The van der Waals surface area contributed by atoms with Crippen molar-refractivity contribution in [1.82, 2.24) is 10.2 Å². The molecule has 0 amide bonds. The van der Waals surface area contributed by atoms with Crippen LogP contribution in [0.3, 0.4) is 0 Å². The van der Waals surface area contributed by atoms with E-state index in [-0.39, 0.29) is 0 Å². The van der Waals surface area contributed by atoms with E-state index < -0.39 is 0 Å². The Labute approximate surface area is 127 Å². The summed E-state index contributed by atoms with van der Waals surface area (Å²) in [5.41, 5.74) is 2.92. The Kier molecular flexibility index (Phi) is 4.34. The number of piperazine rings is 1. The molecule has 2 nitrogen and oxygen atoms in total. The van der Waals surface area contributed by atoms with Crippen LogP contribution in [-0.4, -0.2) is 30.1 Å². The normalized spacial score (nSPS) is 23.1. The molecule has 1 spiro atoms. The molecule has 0 atom stereocenters. The molecular weight excluding hydrogens is 268 g/mol. The van der Waals surface area contributed by atoms with E-state index in [0.717, 1.165) is 31.2 Å². The first-order chi connectivity index (χ1) is 9.70. The van der Waals surface area contributed by atoms with E-state index in [4.69, 9.17) is 11.6 Å². The molecule has 3 rings (SSSR count). The third-order valence-electron chi connectivity index (χ3n) is 5.08. The van der Waals surface area contributed by atoms with E-state index in [1.807, 2.05) is 0 Å². The van der Waals surface area contributed by atoms with Crippen LogP contribution in [0, 0.1) is 6.92 Å². The number of hydrogen-bond donors (Lipinski definition) is 1. The number of nitrogens with zero attached hydrogens (tertiary/aromatic N) is 1. The Morgan fingerprint density at radius 3 is 2.80 bits per heavy atom. The summed E-state index contributed by atoms with van der Waals surface area (Å²) >= 11 is 6.28. The average molecular weight is 293 g/mol. The lowest BCUT2D eigenvalue weighted by molar-refractivity contribution is 0.0209. The molecule has 0 unspecified atom stereocenters. The molecule has 1 aromatic rings. The van der Waals surface area contributed by atoms with Gasteiger partial charge in [-0.1, -0.05) is 43.0 Å². The maximum atomic E-state index is 6.28. The van der Waals surface area contributed by atoms with E-state index >= 15 is 0 Å². The molecule has 1 aliphatic carbocycles. The Bertz CT molecular complexity index is 458. The van der Waals surface area contributed by atoms with Crippen molar-refractivity contribution in [3.63, 3.8) is 0 Å². The summed E-state index contributed by atoms with van der Waals surface area (Å²) in [6.07, 6.45) is 6.87. The number of halogens is 1. The fraction of sp³-hybridized carbons (Fsp3) is 0.647. The minimum Gasteiger partial charge on any atom is -0.314 e. The monoisotopic (exact) mass is 292 g/mol. The second kappa shape index (κ2) is 6.05. The maximum absolute atomic E-state index is 6.28. The van der Waals surface area contributed by atoms with Crippen LogP contribution in [0.2, 0.25) is 5.02 Å². The fourth-order valence-corrected chi connectivity index (χ4v) is 3.99. The first-order valence-corrected chi connectivity index (χ1v) is 8.28. The molecule has 1 saturated heterocycles. The van der Waals surface area contributed by atoms with E-state index in [2.05, 4.69) is 35.3 Å². The highest BCUT2D eigenvalue weighted by Crippen LogP contribution is 2.35. The van der Waals surface area contributed by atoms with Crippen molar-refractivity contribution in [3.8, 4) is 0 Å². The molecule has 0 bridgehead atoms. The van der Waals surface area contributed by atoms with Gasteiger partial charge in [-0.2, -0.15) is 0 Å². The summed E-state index contributed by atoms with van der Waals surface area (Å²) in [5, 5.41) is 4.51. The summed E-state index contributed by atoms with van der Waals surface area (Å²) < 4.78 is 0. The van der Waals surface area contributed by atoms with Gasteiger partial charge in [0.25, 0.3) is 0 Å². The van der Waals surface area contributed by atoms with Crippen LogP contribution >= 0.6 is 11.6 Å². The highest BCUT2D eigenvalue weighted by atomic mass is 35.5. The Morgan fingerprint density at radius 2 is 2.05 bits per heavy atom. The predicted octanol–water partition coefficient (Wildman–Crippen LogP) is 3.76. The van der Waals surface area contributed by atoms with E-state index in [0.29, 0.717) is 5.54 Å². The van der Waals surface area contributed by atoms with E-state index in [9.17, 15) is 0 Å². The van der Waals surface area contributed by atoms with E-state index in [1.54, 1.807) is 0 Å². The lowest BCUT2D eigenvalue weighted by atomic mass is 9.79. The highest BCUT2D eigenvalue weighted by Gasteiger charge is 2.39. The van der Waals surface area contributed by atoms with Crippen molar-refractivity contribution in [2.24, 2.45) is 0 Å². The van der Waals surface area contributed by atoms with Gasteiger partial charge in [0.15, 0.2) is 0 Å².